The van der Waals surface area contributed by atoms with E-state index >= 15 is 0 Å². The molecule has 0 aliphatic heterocycles. The molecule has 0 fully saturated rings. The van der Waals surface area contributed by atoms with Gasteiger partial charge in [0.25, 0.3) is 0 Å². The summed E-state index contributed by atoms with van der Waals surface area (Å²) in [6, 6.07) is 1.69. The molecule has 0 aliphatic rings. The number of anilines is 1. The third kappa shape index (κ3) is 3.32. The van der Waals surface area contributed by atoms with Crippen LogP contribution in [0, 0.1) is 0 Å². The highest BCUT2D eigenvalue weighted by molar-refractivity contribution is 5.85. The van der Waals surface area contributed by atoms with Crippen LogP contribution < -0.4 is 5.73 Å². The van der Waals surface area contributed by atoms with Gasteiger partial charge < -0.3 is 10.5 Å². The molecule has 0 aromatic carbocycles. The summed E-state index contributed by atoms with van der Waals surface area (Å²) in [5.74, 6) is 0.0246. The van der Waals surface area contributed by atoms with Gasteiger partial charge in [0.05, 0.1) is 0 Å². The molecule has 0 amide bonds. The molecule has 1 rings (SSSR count). The molecular formula is C11H16N2O2. The van der Waals surface area contributed by atoms with E-state index in [1.165, 1.54) is 0 Å². The molecule has 0 spiro atoms. The standard InChI is InChI=1S/C11H16N2O2/c1-3-15-8(2)11(14)6-9-7-13-5-4-10(9)12/h4-5,7-8H,3,6H2,1-2H3,(H2,12,13). The predicted octanol–water partition coefficient (Wildman–Crippen LogP) is 1.20. The number of hydrogen-bond donors (Lipinski definition) is 1. The summed E-state index contributed by atoms with van der Waals surface area (Å²) >= 11 is 0. The summed E-state index contributed by atoms with van der Waals surface area (Å²) in [5.41, 5.74) is 7.07. The number of hydrogen-bond acceptors (Lipinski definition) is 4. The molecule has 0 aliphatic carbocycles. The first-order chi connectivity index (χ1) is 7.15. The Morgan fingerprint density at radius 3 is 3.00 bits per heavy atom. The zero-order valence-electron chi connectivity index (χ0n) is 9.06. The number of ketones is 1. The maximum atomic E-state index is 11.6. The first kappa shape index (κ1) is 11.7. The van der Waals surface area contributed by atoms with E-state index in [0.29, 0.717) is 12.3 Å². The van der Waals surface area contributed by atoms with Crippen molar-refractivity contribution in [3.05, 3.63) is 24.0 Å². The smallest absolute Gasteiger partial charge is 0.165 e. The lowest BCUT2D eigenvalue weighted by atomic mass is 10.1. The molecule has 15 heavy (non-hydrogen) atoms. The molecule has 0 bridgehead atoms. The van der Waals surface area contributed by atoms with Gasteiger partial charge in [-0.3, -0.25) is 9.78 Å². The molecule has 0 radical (unpaired) electrons. The molecule has 0 saturated heterocycles. The summed E-state index contributed by atoms with van der Waals surface area (Å²) in [4.78, 5) is 15.6. The molecular weight excluding hydrogens is 192 g/mol. The van der Waals surface area contributed by atoms with E-state index in [-0.39, 0.29) is 18.3 Å². The van der Waals surface area contributed by atoms with Crippen molar-refractivity contribution in [2.45, 2.75) is 26.4 Å². The minimum Gasteiger partial charge on any atom is -0.398 e. The zero-order valence-corrected chi connectivity index (χ0v) is 9.06. The van der Waals surface area contributed by atoms with Crippen LogP contribution >= 0.6 is 0 Å². The molecule has 1 aromatic rings. The van der Waals surface area contributed by atoms with Gasteiger partial charge in [-0.1, -0.05) is 0 Å². The lowest BCUT2D eigenvalue weighted by Gasteiger charge is -2.10. The Kier molecular flexibility index (Phi) is 4.24. The normalized spacial score (nSPS) is 12.4. The quantitative estimate of drug-likeness (QED) is 0.789. The van der Waals surface area contributed by atoms with Crippen molar-refractivity contribution in [1.82, 2.24) is 4.98 Å². The third-order valence-corrected chi connectivity index (χ3v) is 2.18. The second-order valence-corrected chi connectivity index (χ2v) is 3.32. The Labute approximate surface area is 89.5 Å². The zero-order chi connectivity index (χ0) is 11.3. The van der Waals surface area contributed by atoms with Crippen LogP contribution in [0.15, 0.2) is 18.5 Å². The number of nitrogens with zero attached hydrogens (tertiary/aromatic N) is 1. The van der Waals surface area contributed by atoms with Gasteiger partial charge in [-0.2, -0.15) is 0 Å². The first-order valence-electron chi connectivity index (χ1n) is 4.97. The van der Waals surface area contributed by atoms with Crippen LogP contribution in [-0.2, 0) is 16.0 Å². The van der Waals surface area contributed by atoms with E-state index in [4.69, 9.17) is 10.5 Å². The minimum atomic E-state index is -0.380. The van der Waals surface area contributed by atoms with Gasteiger partial charge in [-0.05, 0) is 19.9 Å². The fraction of sp³-hybridized carbons (Fsp3) is 0.455. The average Bonchev–Trinajstić information content (AvgIpc) is 2.21. The minimum absolute atomic E-state index is 0.0246. The van der Waals surface area contributed by atoms with Crippen molar-refractivity contribution < 1.29 is 9.53 Å². The van der Waals surface area contributed by atoms with E-state index in [1.807, 2.05) is 6.92 Å². The number of nitrogens with two attached hydrogens (primary N) is 1. The molecule has 0 saturated carbocycles. The molecule has 2 N–H and O–H groups in total. The fourth-order valence-corrected chi connectivity index (χ4v) is 1.26. The summed E-state index contributed by atoms with van der Waals surface area (Å²) in [6.45, 7) is 4.15. The maximum Gasteiger partial charge on any atom is 0.165 e. The van der Waals surface area contributed by atoms with Crippen molar-refractivity contribution in [3.63, 3.8) is 0 Å². The Hall–Kier alpha value is -1.42. The van der Waals surface area contributed by atoms with Crippen molar-refractivity contribution in [3.8, 4) is 0 Å². The van der Waals surface area contributed by atoms with Gasteiger partial charge in [0, 0.05) is 36.7 Å². The van der Waals surface area contributed by atoms with Gasteiger partial charge in [-0.15, -0.1) is 0 Å². The third-order valence-electron chi connectivity index (χ3n) is 2.18. The average molecular weight is 208 g/mol. The first-order valence-corrected chi connectivity index (χ1v) is 4.97. The number of ether oxygens (including phenoxy) is 1. The van der Waals surface area contributed by atoms with E-state index in [9.17, 15) is 4.79 Å². The maximum absolute atomic E-state index is 11.6. The molecule has 4 heteroatoms. The second-order valence-electron chi connectivity index (χ2n) is 3.32. The highest BCUT2D eigenvalue weighted by Crippen LogP contribution is 2.11. The van der Waals surface area contributed by atoms with E-state index in [2.05, 4.69) is 4.98 Å². The SMILES string of the molecule is CCOC(C)C(=O)Cc1cnccc1N. The molecule has 82 valence electrons. The number of Topliss-reactive ketones (excluding diaryl/α,β-unsaturated/α-hetero) is 1. The fourth-order valence-electron chi connectivity index (χ4n) is 1.26. The Morgan fingerprint density at radius 1 is 1.67 bits per heavy atom. The number of carbonyl (C=O) groups is 1. The van der Waals surface area contributed by atoms with Crippen molar-refractivity contribution in [1.29, 1.82) is 0 Å². The lowest BCUT2D eigenvalue weighted by molar-refractivity contribution is -0.128. The molecule has 1 unspecified atom stereocenters. The van der Waals surface area contributed by atoms with Gasteiger partial charge in [0.1, 0.15) is 6.10 Å². The molecule has 1 atom stereocenters. The number of rotatable bonds is 5. The van der Waals surface area contributed by atoms with E-state index in [0.717, 1.165) is 5.56 Å². The van der Waals surface area contributed by atoms with Crippen LogP contribution in [0.1, 0.15) is 19.4 Å². The van der Waals surface area contributed by atoms with Crippen molar-refractivity contribution in [2.75, 3.05) is 12.3 Å². The van der Waals surface area contributed by atoms with Crippen molar-refractivity contribution in [2.24, 2.45) is 0 Å². The number of carbonyl (C=O) groups excluding carboxylic acids is 1. The lowest BCUT2D eigenvalue weighted by Crippen LogP contribution is -2.23. The largest absolute Gasteiger partial charge is 0.398 e. The Bertz CT molecular complexity index is 339. The second kappa shape index (κ2) is 5.46. The highest BCUT2D eigenvalue weighted by atomic mass is 16.5. The molecule has 1 heterocycles. The van der Waals surface area contributed by atoms with Gasteiger partial charge in [-0.25, -0.2) is 0 Å². The Balaban J connectivity index is 2.62. The van der Waals surface area contributed by atoms with Gasteiger partial charge in [0.2, 0.25) is 0 Å². The van der Waals surface area contributed by atoms with Gasteiger partial charge in [0.15, 0.2) is 5.78 Å². The monoisotopic (exact) mass is 208 g/mol. The van der Waals surface area contributed by atoms with Crippen molar-refractivity contribution >= 4 is 11.5 Å². The number of nitrogen functional groups attached to an aromatic ring is 1. The Morgan fingerprint density at radius 2 is 2.40 bits per heavy atom. The predicted molar refractivity (Wildman–Crippen MR) is 58.4 cm³/mol. The van der Waals surface area contributed by atoms with Gasteiger partial charge >= 0.3 is 0 Å². The van der Waals surface area contributed by atoms with Crippen LogP contribution in [0.2, 0.25) is 0 Å². The summed E-state index contributed by atoms with van der Waals surface area (Å²) in [5, 5.41) is 0. The number of pyridine rings is 1. The van der Waals surface area contributed by atoms with Crippen LogP contribution in [0.4, 0.5) is 5.69 Å². The number of aromatic nitrogens is 1. The van der Waals surface area contributed by atoms with Crippen LogP contribution in [0.25, 0.3) is 0 Å². The van der Waals surface area contributed by atoms with Crippen LogP contribution in [0.3, 0.4) is 0 Å². The van der Waals surface area contributed by atoms with E-state index in [1.54, 1.807) is 25.4 Å². The topological polar surface area (TPSA) is 65.2 Å². The highest BCUT2D eigenvalue weighted by Gasteiger charge is 2.14. The summed E-state index contributed by atoms with van der Waals surface area (Å²) < 4.78 is 5.20. The van der Waals surface area contributed by atoms with Crippen LogP contribution in [0.5, 0.6) is 0 Å². The van der Waals surface area contributed by atoms with E-state index < -0.39 is 0 Å². The summed E-state index contributed by atoms with van der Waals surface area (Å²) in [6.07, 6.45) is 3.12. The van der Waals surface area contributed by atoms with Crippen LogP contribution in [-0.4, -0.2) is 23.5 Å². The molecule has 4 nitrogen and oxygen atoms in total. The molecule has 1 aromatic heterocycles. The summed E-state index contributed by atoms with van der Waals surface area (Å²) in [7, 11) is 0.